The van der Waals surface area contributed by atoms with E-state index >= 15 is 0 Å². The summed E-state index contributed by atoms with van der Waals surface area (Å²) in [6, 6.07) is 9.45. The molecular formula is C21H26N6O2. The van der Waals surface area contributed by atoms with Gasteiger partial charge in [0.25, 0.3) is 5.91 Å². The zero-order valence-electron chi connectivity index (χ0n) is 16.9. The first kappa shape index (κ1) is 19.2. The van der Waals surface area contributed by atoms with Gasteiger partial charge in [-0.3, -0.25) is 9.69 Å². The maximum atomic E-state index is 13.1. The number of benzene rings is 1. The fraction of sp³-hybridized carbons (Fsp3) is 0.429. The van der Waals surface area contributed by atoms with Crippen molar-refractivity contribution in [3.05, 3.63) is 47.3 Å². The lowest BCUT2D eigenvalue weighted by Gasteiger charge is -2.33. The second kappa shape index (κ2) is 8.06. The van der Waals surface area contributed by atoms with Crippen LogP contribution in [-0.4, -0.2) is 65.4 Å². The van der Waals surface area contributed by atoms with Gasteiger partial charge in [-0.2, -0.15) is 0 Å². The molecule has 1 fully saturated rings. The smallest absolute Gasteiger partial charge is 0.324 e. The van der Waals surface area contributed by atoms with E-state index in [-0.39, 0.29) is 11.9 Å². The maximum Gasteiger partial charge on any atom is 0.324 e. The van der Waals surface area contributed by atoms with Crippen molar-refractivity contribution >= 4 is 23.6 Å². The average Bonchev–Trinajstić information content (AvgIpc) is 3.32. The van der Waals surface area contributed by atoms with Crippen molar-refractivity contribution in [2.45, 2.75) is 25.8 Å². The van der Waals surface area contributed by atoms with Crippen LogP contribution >= 0.6 is 0 Å². The minimum Gasteiger partial charge on any atom is -0.357 e. The van der Waals surface area contributed by atoms with Crippen LogP contribution in [0.2, 0.25) is 0 Å². The molecule has 0 aliphatic carbocycles. The number of para-hydroxylation sites is 1. The Balaban J connectivity index is 1.62. The minimum absolute atomic E-state index is 0.0663. The van der Waals surface area contributed by atoms with Gasteiger partial charge >= 0.3 is 6.03 Å². The molecule has 3 heterocycles. The van der Waals surface area contributed by atoms with Gasteiger partial charge in [0, 0.05) is 51.4 Å². The number of fused-ring (bicyclic) bond motifs is 1. The SMILES string of the molecule is CNc1nc2c(c(C(=O)N3CCCC3)n1)CN(C(=O)N(C)c1ccccc1)CC2. The molecular weight excluding hydrogens is 368 g/mol. The molecule has 1 saturated heterocycles. The van der Waals surface area contributed by atoms with Gasteiger partial charge in [0.05, 0.1) is 12.2 Å². The third kappa shape index (κ3) is 3.74. The molecule has 1 aromatic carbocycles. The van der Waals surface area contributed by atoms with Gasteiger partial charge in [-0.25, -0.2) is 14.8 Å². The standard InChI is InChI=1S/C21H26N6O2/c1-22-20-23-17-10-13-27(21(29)25(2)15-8-4-3-5-9-15)14-16(17)18(24-20)19(28)26-11-6-7-12-26/h3-5,8-9H,6-7,10-14H2,1-2H3,(H,22,23,24). The van der Waals surface area contributed by atoms with Crippen molar-refractivity contribution in [3.63, 3.8) is 0 Å². The summed E-state index contributed by atoms with van der Waals surface area (Å²) < 4.78 is 0. The molecule has 8 heteroatoms. The zero-order valence-corrected chi connectivity index (χ0v) is 16.9. The van der Waals surface area contributed by atoms with Crippen molar-refractivity contribution in [1.82, 2.24) is 19.8 Å². The van der Waals surface area contributed by atoms with E-state index in [1.54, 1.807) is 23.9 Å². The van der Waals surface area contributed by atoms with E-state index in [2.05, 4.69) is 15.3 Å². The van der Waals surface area contributed by atoms with Crippen LogP contribution in [0.3, 0.4) is 0 Å². The largest absolute Gasteiger partial charge is 0.357 e. The summed E-state index contributed by atoms with van der Waals surface area (Å²) in [5.74, 6) is 0.385. The molecule has 2 aliphatic heterocycles. The summed E-state index contributed by atoms with van der Waals surface area (Å²) in [5, 5.41) is 2.95. The molecule has 0 bridgehead atoms. The first-order valence-electron chi connectivity index (χ1n) is 10.0. The lowest BCUT2D eigenvalue weighted by Crippen LogP contribution is -2.45. The van der Waals surface area contributed by atoms with Crippen LogP contribution < -0.4 is 10.2 Å². The van der Waals surface area contributed by atoms with Crippen molar-refractivity contribution in [1.29, 1.82) is 0 Å². The number of likely N-dealkylation sites (tertiary alicyclic amines) is 1. The van der Waals surface area contributed by atoms with Gasteiger partial charge in [0.1, 0.15) is 5.69 Å². The van der Waals surface area contributed by atoms with Crippen LogP contribution in [0.15, 0.2) is 30.3 Å². The maximum absolute atomic E-state index is 13.1. The molecule has 0 saturated carbocycles. The molecule has 0 spiro atoms. The van der Waals surface area contributed by atoms with E-state index in [1.165, 1.54) is 0 Å². The Kier molecular flexibility index (Phi) is 5.33. The predicted molar refractivity (Wildman–Crippen MR) is 111 cm³/mol. The highest BCUT2D eigenvalue weighted by molar-refractivity contribution is 5.95. The number of nitrogens with one attached hydrogen (secondary N) is 1. The number of nitrogens with zero attached hydrogens (tertiary/aromatic N) is 5. The fourth-order valence-electron chi connectivity index (χ4n) is 3.91. The molecule has 1 N–H and O–H groups in total. The summed E-state index contributed by atoms with van der Waals surface area (Å²) >= 11 is 0. The van der Waals surface area contributed by atoms with Gasteiger partial charge in [-0.15, -0.1) is 0 Å². The van der Waals surface area contributed by atoms with Crippen LogP contribution in [0.25, 0.3) is 0 Å². The number of amides is 3. The first-order chi connectivity index (χ1) is 14.1. The van der Waals surface area contributed by atoms with Crippen LogP contribution in [0.4, 0.5) is 16.4 Å². The van der Waals surface area contributed by atoms with Crippen LogP contribution in [0.1, 0.15) is 34.6 Å². The Labute approximate surface area is 170 Å². The highest BCUT2D eigenvalue weighted by Crippen LogP contribution is 2.25. The number of aromatic nitrogens is 2. The molecule has 2 aliphatic rings. The fourth-order valence-corrected chi connectivity index (χ4v) is 3.91. The van der Waals surface area contributed by atoms with Gasteiger partial charge in [0.2, 0.25) is 5.95 Å². The topological polar surface area (TPSA) is 81.7 Å². The Morgan fingerprint density at radius 1 is 1.03 bits per heavy atom. The van der Waals surface area contributed by atoms with E-state index in [1.807, 2.05) is 35.2 Å². The molecule has 8 nitrogen and oxygen atoms in total. The number of hydrogen-bond donors (Lipinski definition) is 1. The van der Waals surface area contributed by atoms with E-state index in [0.717, 1.165) is 42.9 Å². The van der Waals surface area contributed by atoms with E-state index in [9.17, 15) is 9.59 Å². The quantitative estimate of drug-likeness (QED) is 0.864. The minimum atomic E-state index is -0.0980. The molecule has 0 unspecified atom stereocenters. The summed E-state index contributed by atoms with van der Waals surface area (Å²) in [6.07, 6.45) is 2.63. The third-order valence-electron chi connectivity index (χ3n) is 5.58. The molecule has 1 aromatic heterocycles. The Morgan fingerprint density at radius 3 is 2.45 bits per heavy atom. The van der Waals surface area contributed by atoms with Crippen molar-refractivity contribution in [2.75, 3.05) is 43.9 Å². The average molecular weight is 394 g/mol. The number of rotatable bonds is 3. The lowest BCUT2D eigenvalue weighted by molar-refractivity contribution is 0.0783. The van der Waals surface area contributed by atoms with Crippen molar-refractivity contribution < 1.29 is 9.59 Å². The van der Waals surface area contributed by atoms with Crippen LogP contribution in [0.5, 0.6) is 0 Å². The van der Waals surface area contributed by atoms with E-state index in [4.69, 9.17) is 0 Å². The molecule has 3 amide bonds. The highest BCUT2D eigenvalue weighted by Gasteiger charge is 2.31. The predicted octanol–water partition coefficient (Wildman–Crippen LogP) is 2.37. The lowest BCUT2D eigenvalue weighted by atomic mass is 10.0. The second-order valence-electron chi connectivity index (χ2n) is 7.42. The molecule has 0 radical (unpaired) electrons. The second-order valence-corrected chi connectivity index (χ2v) is 7.42. The van der Waals surface area contributed by atoms with E-state index < -0.39 is 0 Å². The van der Waals surface area contributed by atoms with E-state index in [0.29, 0.717) is 31.2 Å². The number of anilines is 2. The zero-order chi connectivity index (χ0) is 20.4. The molecule has 4 rings (SSSR count). The van der Waals surface area contributed by atoms with Crippen LogP contribution in [-0.2, 0) is 13.0 Å². The van der Waals surface area contributed by atoms with Gasteiger partial charge in [-0.05, 0) is 25.0 Å². The van der Waals surface area contributed by atoms with Crippen molar-refractivity contribution in [2.24, 2.45) is 0 Å². The highest BCUT2D eigenvalue weighted by atomic mass is 16.2. The number of carbonyl (C=O) groups excluding carboxylic acids is 2. The van der Waals surface area contributed by atoms with Crippen molar-refractivity contribution in [3.8, 4) is 0 Å². The molecule has 2 aromatic rings. The molecule has 0 atom stereocenters. The third-order valence-corrected chi connectivity index (χ3v) is 5.58. The van der Waals surface area contributed by atoms with Gasteiger partial charge in [0.15, 0.2) is 0 Å². The monoisotopic (exact) mass is 394 g/mol. The Morgan fingerprint density at radius 2 is 1.76 bits per heavy atom. The number of carbonyl (C=O) groups is 2. The van der Waals surface area contributed by atoms with Gasteiger partial charge < -0.3 is 15.1 Å². The Hall–Kier alpha value is -3.16. The number of urea groups is 1. The summed E-state index contributed by atoms with van der Waals surface area (Å²) in [7, 11) is 3.52. The van der Waals surface area contributed by atoms with Crippen LogP contribution in [0, 0.1) is 0 Å². The normalized spacial score (nSPS) is 15.8. The summed E-state index contributed by atoms with van der Waals surface area (Å²) in [5.41, 5.74) is 2.86. The summed E-state index contributed by atoms with van der Waals surface area (Å²) in [6.45, 7) is 2.41. The Bertz CT molecular complexity index is 911. The molecule has 29 heavy (non-hydrogen) atoms. The number of hydrogen-bond acceptors (Lipinski definition) is 5. The van der Waals surface area contributed by atoms with Gasteiger partial charge in [-0.1, -0.05) is 18.2 Å². The molecule has 152 valence electrons. The summed E-state index contributed by atoms with van der Waals surface area (Å²) in [4.78, 5) is 40.5. The first-order valence-corrected chi connectivity index (χ1v) is 10.0.